The third kappa shape index (κ3) is 6.38. The van der Waals surface area contributed by atoms with Crippen LogP contribution in [-0.2, 0) is 9.53 Å². The summed E-state index contributed by atoms with van der Waals surface area (Å²) in [5, 5.41) is 6.85. The van der Waals surface area contributed by atoms with Crippen molar-refractivity contribution in [2.24, 2.45) is 4.99 Å². The molecule has 0 aromatic carbocycles. The smallest absolute Gasteiger partial charge is 0.243 e. The van der Waals surface area contributed by atoms with Crippen molar-refractivity contribution in [1.82, 2.24) is 15.5 Å². The van der Waals surface area contributed by atoms with Crippen LogP contribution in [-0.4, -0.2) is 61.7 Å². The van der Waals surface area contributed by atoms with Crippen molar-refractivity contribution in [2.75, 3.05) is 27.2 Å². The van der Waals surface area contributed by atoms with Gasteiger partial charge < -0.3 is 20.3 Å². The van der Waals surface area contributed by atoms with Crippen LogP contribution in [0.25, 0.3) is 0 Å². The lowest BCUT2D eigenvalue weighted by molar-refractivity contribution is -0.127. The number of carbonyl (C=O) groups excluding carboxylic acids is 1. The minimum atomic E-state index is 0. The number of hydrogen-bond donors (Lipinski definition) is 2. The maximum atomic E-state index is 11.8. The number of ether oxygens (including phenoxy) is 1. The molecule has 0 radical (unpaired) electrons. The Hall–Kier alpha value is -0.570. The first kappa shape index (κ1) is 21.5. The van der Waals surface area contributed by atoms with Gasteiger partial charge in [0.05, 0.1) is 5.60 Å². The van der Waals surface area contributed by atoms with Crippen molar-refractivity contribution in [3.63, 3.8) is 0 Å². The Morgan fingerprint density at radius 2 is 2.00 bits per heavy atom. The van der Waals surface area contributed by atoms with Crippen LogP contribution in [0.3, 0.4) is 0 Å². The van der Waals surface area contributed by atoms with Crippen molar-refractivity contribution >= 4 is 35.8 Å². The molecule has 2 N–H and O–H groups in total. The number of likely N-dealkylation sites (N-methyl/N-ethyl adjacent to an activating group) is 1. The fraction of sp³-hybridized carbons (Fsp3) is 0.882. The first-order chi connectivity index (χ1) is 10.9. The maximum absolute atomic E-state index is 11.8. The van der Waals surface area contributed by atoms with Gasteiger partial charge in [0, 0.05) is 32.8 Å². The molecule has 1 unspecified atom stereocenters. The van der Waals surface area contributed by atoms with Crippen LogP contribution >= 0.6 is 24.0 Å². The number of halogens is 1. The van der Waals surface area contributed by atoms with E-state index in [0.717, 1.165) is 25.4 Å². The van der Waals surface area contributed by atoms with Crippen LogP contribution in [0.1, 0.15) is 52.4 Å². The third-order valence-corrected chi connectivity index (χ3v) is 4.65. The van der Waals surface area contributed by atoms with Crippen LogP contribution in [0.2, 0.25) is 0 Å². The van der Waals surface area contributed by atoms with E-state index in [9.17, 15) is 4.79 Å². The molecule has 1 saturated heterocycles. The number of nitrogens with zero attached hydrogens (tertiary/aromatic N) is 2. The van der Waals surface area contributed by atoms with Gasteiger partial charge in [-0.1, -0.05) is 12.8 Å². The standard InChI is InChI=1S/C17H32N4O2.HI/c1-13(2)19-16(18-12-15(22)21(3)4)20-14-7-10-23-17(11-14)8-5-6-9-17;/h13-14H,5-12H2,1-4H3,(H2,18,19,20);1H. The maximum Gasteiger partial charge on any atom is 0.243 e. The second kappa shape index (κ2) is 9.79. The average Bonchev–Trinajstić information content (AvgIpc) is 2.91. The van der Waals surface area contributed by atoms with Gasteiger partial charge >= 0.3 is 0 Å². The summed E-state index contributed by atoms with van der Waals surface area (Å²) in [5.41, 5.74) is 0.0817. The Morgan fingerprint density at radius 3 is 2.58 bits per heavy atom. The molecular formula is C17H33IN4O2. The topological polar surface area (TPSA) is 66.0 Å². The summed E-state index contributed by atoms with van der Waals surface area (Å²) in [4.78, 5) is 17.8. The molecule has 7 heteroatoms. The van der Waals surface area contributed by atoms with Gasteiger partial charge in [-0.15, -0.1) is 24.0 Å². The summed E-state index contributed by atoms with van der Waals surface area (Å²) < 4.78 is 6.09. The molecule has 140 valence electrons. The van der Waals surface area contributed by atoms with Crippen molar-refractivity contribution in [3.05, 3.63) is 0 Å². The Labute approximate surface area is 163 Å². The lowest BCUT2D eigenvalue weighted by Gasteiger charge is -2.39. The van der Waals surface area contributed by atoms with Crippen LogP contribution in [0.15, 0.2) is 4.99 Å². The van der Waals surface area contributed by atoms with E-state index < -0.39 is 0 Å². The van der Waals surface area contributed by atoms with Crippen LogP contribution < -0.4 is 10.6 Å². The van der Waals surface area contributed by atoms with Gasteiger partial charge in [-0.3, -0.25) is 4.79 Å². The van der Waals surface area contributed by atoms with Gasteiger partial charge in [0.2, 0.25) is 5.91 Å². The molecule has 1 amide bonds. The second-order valence-corrected chi connectivity index (χ2v) is 7.32. The van der Waals surface area contributed by atoms with Crippen molar-refractivity contribution in [1.29, 1.82) is 0 Å². The number of nitrogens with one attached hydrogen (secondary N) is 2. The van der Waals surface area contributed by atoms with Gasteiger partial charge in [-0.25, -0.2) is 4.99 Å². The molecule has 0 aromatic rings. The molecular weight excluding hydrogens is 419 g/mol. The Balaban J connectivity index is 0.00000288. The van der Waals surface area contributed by atoms with E-state index in [1.807, 2.05) is 0 Å². The van der Waals surface area contributed by atoms with E-state index in [0.29, 0.717) is 6.04 Å². The highest BCUT2D eigenvalue weighted by atomic mass is 127. The lowest BCUT2D eigenvalue weighted by Crippen LogP contribution is -2.52. The highest BCUT2D eigenvalue weighted by Gasteiger charge is 2.40. The van der Waals surface area contributed by atoms with E-state index in [2.05, 4.69) is 29.5 Å². The lowest BCUT2D eigenvalue weighted by atomic mass is 9.89. The molecule has 24 heavy (non-hydrogen) atoms. The molecule has 1 aliphatic carbocycles. The Kier molecular flexibility index (Phi) is 8.76. The number of rotatable bonds is 4. The van der Waals surface area contributed by atoms with E-state index in [4.69, 9.17) is 4.74 Å². The largest absolute Gasteiger partial charge is 0.375 e. The molecule has 2 rings (SSSR count). The van der Waals surface area contributed by atoms with Crippen LogP contribution in [0, 0.1) is 0 Å². The highest BCUT2D eigenvalue weighted by Crippen LogP contribution is 2.39. The zero-order valence-corrected chi connectivity index (χ0v) is 17.8. The summed E-state index contributed by atoms with van der Waals surface area (Å²) in [5.74, 6) is 0.740. The Morgan fingerprint density at radius 1 is 1.33 bits per heavy atom. The van der Waals surface area contributed by atoms with Gasteiger partial charge in [0.25, 0.3) is 0 Å². The fourth-order valence-corrected chi connectivity index (χ4v) is 3.41. The third-order valence-electron chi connectivity index (χ3n) is 4.65. The van der Waals surface area contributed by atoms with Gasteiger partial charge in [0.1, 0.15) is 6.54 Å². The van der Waals surface area contributed by atoms with Crippen molar-refractivity contribution < 1.29 is 9.53 Å². The summed E-state index contributed by atoms with van der Waals surface area (Å²) in [6.45, 7) is 5.13. The number of carbonyl (C=O) groups is 1. The molecule has 1 atom stereocenters. The first-order valence-corrected chi connectivity index (χ1v) is 8.82. The van der Waals surface area contributed by atoms with Crippen LogP contribution in [0.5, 0.6) is 0 Å². The summed E-state index contributed by atoms with van der Waals surface area (Å²) in [6, 6.07) is 0.636. The fourth-order valence-electron chi connectivity index (χ4n) is 3.41. The zero-order chi connectivity index (χ0) is 16.9. The van der Waals surface area contributed by atoms with E-state index >= 15 is 0 Å². The number of hydrogen-bond acceptors (Lipinski definition) is 3. The monoisotopic (exact) mass is 452 g/mol. The minimum Gasteiger partial charge on any atom is -0.375 e. The van der Waals surface area contributed by atoms with E-state index in [1.165, 1.54) is 25.7 Å². The first-order valence-electron chi connectivity index (χ1n) is 8.82. The average molecular weight is 452 g/mol. The Bertz CT molecular complexity index is 434. The molecule has 1 spiro atoms. The molecule has 2 fully saturated rings. The van der Waals surface area contributed by atoms with Gasteiger partial charge in [-0.2, -0.15) is 0 Å². The molecule has 0 bridgehead atoms. The highest BCUT2D eigenvalue weighted by molar-refractivity contribution is 14.0. The second-order valence-electron chi connectivity index (χ2n) is 7.32. The quantitative estimate of drug-likeness (QED) is 0.390. The van der Waals surface area contributed by atoms with Crippen molar-refractivity contribution in [3.8, 4) is 0 Å². The predicted octanol–water partition coefficient (Wildman–Crippen LogP) is 2.13. The number of amides is 1. The van der Waals surface area contributed by atoms with Crippen LogP contribution in [0.4, 0.5) is 0 Å². The minimum absolute atomic E-state index is 0. The van der Waals surface area contributed by atoms with E-state index in [-0.39, 0.29) is 48.1 Å². The van der Waals surface area contributed by atoms with Crippen molar-refractivity contribution in [2.45, 2.75) is 70.1 Å². The predicted molar refractivity (Wildman–Crippen MR) is 108 cm³/mol. The molecule has 2 aliphatic rings. The number of aliphatic imine (C=N–C) groups is 1. The summed E-state index contributed by atoms with van der Waals surface area (Å²) in [6.07, 6.45) is 6.92. The summed E-state index contributed by atoms with van der Waals surface area (Å²) >= 11 is 0. The summed E-state index contributed by atoms with van der Waals surface area (Å²) in [7, 11) is 3.51. The molecule has 1 saturated carbocycles. The van der Waals surface area contributed by atoms with Gasteiger partial charge in [0.15, 0.2) is 5.96 Å². The molecule has 1 aliphatic heterocycles. The SMILES string of the molecule is CC(C)NC(=NCC(=O)N(C)C)NC1CCOC2(CCCC2)C1.I. The zero-order valence-electron chi connectivity index (χ0n) is 15.4. The molecule has 0 aromatic heterocycles. The number of guanidine groups is 1. The van der Waals surface area contributed by atoms with E-state index in [1.54, 1.807) is 19.0 Å². The normalized spacial score (nSPS) is 23.0. The van der Waals surface area contributed by atoms with Gasteiger partial charge in [-0.05, 0) is 39.5 Å². The molecule has 6 nitrogen and oxygen atoms in total. The molecule has 1 heterocycles.